The molecule has 3 fully saturated rings. The zero-order valence-corrected chi connectivity index (χ0v) is 10.7. The molecule has 1 saturated heterocycles. The second kappa shape index (κ2) is 3.95. The lowest BCUT2D eigenvalue weighted by molar-refractivity contribution is -0.144. The van der Waals surface area contributed by atoms with Crippen molar-refractivity contribution in [1.82, 2.24) is 5.32 Å². The lowest BCUT2D eigenvalue weighted by atomic mass is 9.68. The number of ether oxygens (including phenoxy) is 2. The zero-order valence-electron chi connectivity index (χ0n) is 10.7. The number of carbonyl (C=O) groups excluding carboxylic acids is 2. The second-order valence-corrected chi connectivity index (χ2v) is 5.75. The number of carbonyl (C=O) groups is 2. The molecule has 2 unspecified atom stereocenters. The van der Waals surface area contributed by atoms with Crippen molar-refractivity contribution in [2.75, 3.05) is 20.3 Å². The van der Waals surface area contributed by atoms with Crippen LogP contribution < -0.4 is 5.32 Å². The highest BCUT2D eigenvalue weighted by Gasteiger charge is 2.73. The molecule has 1 spiro atoms. The quantitative estimate of drug-likeness (QED) is 0.589. The van der Waals surface area contributed by atoms with Crippen molar-refractivity contribution in [3.63, 3.8) is 0 Å². The van der Waals surface area contributed by atoms with E-state index in [0.717, 1.165) is 25.9 Å². The molecule has 5 nitrogen and oxygen atoms in total. The van der Waals surface area contributed by atoms with Crippen molar-refractivity contribution in [1.29, 1.82) is 0 Å². The molecule has 2 saturated carbocycles. The first-order chi connectivity index (χ1) is 8.62. The fourth-order valence-corrected chi connectivity index (χ4v) is 3.60. The number of methoxy groups -OCH3 is 1. The predicted octanol–water partition coefficient (Wildman–Crippen LogP) is 0.625. The molecule has 100 valence electrons. The van der Waals surface area contributed by atoms with E-state index in [0.29, 0.717) is 12.5 Å². The van der Waals surface area contributed by atoms with Crippen LogP contribution in [0.25, 0.3) is 0 Å². The van der Waals surface area contributed by atoms with Gasteiger partial charge in [0.1, 0.15) is 6.42 Å². The highest BCUT2D eigenvalue weighted by molar-refractivity contribution is 5.94. The SMILES string of the molecule is COC(=O)CC(=O)NCC12CC1COC21CCC1. The van der Waals surface area contributed by atoms with Crippen LogP contribution in [0.2, 0.25) is 0 Å². The Kier molecular flexibility index (Phi) is 2.62. The molecule has 18 heavy (non-hydrogen) atoms. The van der Waals surface area contributed by atoms with E-state index < -0.39 is 5.97 Å². The molecule has 0 aromatic carbocycles. The maximum atomic E-state index is 11.6. The Bertz CT molecular complexity index is 390. The van der Waals surface area contributed by atoms with Crippen LogP contribution in [0.3, 0.4) is 0 Å². The monoisotopic (exact) mass is 253 g/mol. The van der Waals surface area contributed by atoms with Gasteiger partial charge in [-0.3, -0.25) is 9.59 Å². The van der Waals surface area contributed by atoms with Crippen molar-refractivity contribution in [3.8, 4) is 0 Å². The van der Waals surface area contributed by atoms with Gasteiger partial charge in [0.05, 0.1) is 19.3 Å². The lowest BCUT2D eigenvalue weighted by Gasteiger charge is -2.45. The van der Waals surface area contributed by atoms with Gasteiger partial charge in [-0.1, -0.05) is 0 Å². The van der Waals surface area contributed by atoms with Crippen LogP contribution in [-0.2, 0) is 19.1 Å². The summed E-state index contributed by atoms with van der Waals surface area (Å²) in [4.78, 5) is 22.6. The molecule has 0 bridgehead atoms. The summed E-state index contributed by atoms with van der Waals surface area (Å²) in [6, 6.07) is 0. The third-order valence-electron chi connectivity index (χ3n) is 5.00. The van der Waals surface area contributed by atoms with Crippen LogP contribution in [0, 0.1) is 11.3 Å². The van der Waals surface area contributed by atoms with Gasteiger partial charge in [0.2, 0.25) is 5.91 Å². The number of amides is 1. The van der Waals surface area contributed by atoms with Crippen LogP contribution in [0.1, 0.15) is 32.1 Å². The summed E-state index contributed by atoms with van der Waals surface area (Å²) in [5.74, 6) is -0.127. The first-order valence-electron chi connectivity index (χ1n) is 6.59. The topological polar surface area (TPSA) is 64.6 Å². The molecule has 2 atom stereocenters. The van der Waals surface area contributed by atoms with Gasteiger partial charge in [0.25, 0.3) is 0 Å². The van der Waals surface area contributed by atoms with E-state index in [1.807, 2.05) is 0 Å². The number of hydrogen-bond acceptors (Lipinski definition) is 4. The largest absolute Gasteiger partial charge is 0.469 e. The molecule has 0 aromatic rings. The standard InChI is InChI=1S/C13H19NO4/c1-17-11(16)5-10(15)14-8-12-6-9(12)7-18-13(12)3-2-4-13/h9H,2-8H2,1H3,(H,14,15). The van der Waals surface area contributed by atoms with Crippen molar-refractivity contribution in [2.24, 2.45) is 11.3 Å². The van der Waals surface area contributed by atoms with Crippen LogP contribution in [0.4, 0.5) is 0 Å². The number of esters is 1. The zero-order chi connectivity index (χ0) is 12.8. The molecule has 1 heterocycles. The van der Waals surface area contributed by atoms with Crippen LogP contribution in [0.15, 0.2) is 0 Å². The van der Waals surface area contributed by atoms with Gasteiger partial charge in [-0.15, -0.1) is 0 Å². The van der Waals surface area contributed by atoms with Crippen LogP contribution in [0.5, 0.6) is 0 Å². The fourth-order valence-electron chi connectivity index (χ4n) is 3.60. The normalized spacial score (nSPS) is 34.6. The van der Waals surface area contributed by atoms with Crippen molar-refractivity contribution >= 4 is 11.9 Å². The van der Waals surface area contributed by atoms with Gasteiger partial charge in [-0.25, -0.2) is 0 Å². The first kappa shape index (κ1) is 12.0. The highest BCUT2D eigenvalue weighted by atomic mass is 16.5. The Balaban J connectivity index is 1.55. The van der Waals surface area contributed by atoms with E-state index in [1.165, 1.54) is 13.5 Å². The lowest BCUT2D eigenvalue weighted by Crippen LogP contribution is -2.50. The molecule has 2 aliphatic carbocycles. The number of fused-ring (bicyclic) bond motifs is 2. The Morgan fingerprint density at radius 1 is 1.44 bits per heavy atom. The minimum atomic E-state index is -0.488. The summed E-state index contributed by atoms with van der Waals surface area (Å²) in [6.45, 7) is 1.49. The van der Waals surface area contributed by atoms with Gasteiger partial charge in [-0.05, 0) is 31.6 Å². The number of hydrogen-bond donors (Lipinski definition) is 1. The van der Waals surface area contributed by atoms with Gasteiger partial charge < -0.3 is 14.8 Å². The highest BCUT2D eigenvalue weighted by Crippen LogP contribution is 2.70. The summed E-state index contributed by atoms with van der Waals surface area (Å²) >= 11 is 0. The fraction of sp³-hybridized carbons (Fsp3) is 0.846. The molecular formula is C13H19NO4. The maximum Gasteiger partial charge on any atom is 0.315 e. The molecular weight excluding hydrogens is 234 g/mol. The first-order valence-corrected chi connectivity index (χ1v) is 6.59. The summed E-state index contributed by atoms with van der Waals surface area (Å²) in [6.07, 6.45) is 4.44. The average molecular weight is 253 g/mol. The van der Waals surface area contributed by atoms with E-state index in [4.69, 9.17) is 4.74 Å². The molecule has 0 radical (unpaired) electrons. The summed E-state index contributed by atoms with van der Waals surface area (Å²) < 4.78 is 10.4. The van der Waals surface area contributed by atoms with E-state index in [2.05, 4.69) is 10.1 Å². The third-order valence-corrected chi connectivity index (χ3v) is 5.00. The van der Waals surface area contributed by atoms with Crippen molar-refractivity contribution in [2.45, 2.75) is 37.7 Å². The molecule has 1 aliphatic heterocycles. The predicted molar refractivity (Wildman–Crippen MR) is 62.7 cm³/mol. The van der Waals surface area contributed by atoms with Gasteiger partial charge in [-0.2, -0.15) is 0 Å². The minimum absolute atomic E-state index is 0.0379. The molecule has 1 amide bonds. The number of nitrogens with one attached hydrogen (secondary N) is 1. The number of rotatable bonds is 4. The summed E-state index contributed by atoms with van der Waals surface area (Å²) in [7, 11) is 1.29. The summed E-state index contributed by atoms with van der Waals surface area (Å²) in [5.41, 5.74) is 0.202. The van der Waals surface area contributed by atoms with Crippen molar-refractivity contribution in [3.05, 3.63) is 0 Å². The Morgan fingerprint density at radius 3 is 2.78 bits per heavy atom. The van der Waals surface area contributed by atoms with Crippen molar-refractivity contribution < 1.29 is 19.1 Å². The second-order valence-electron chi connectivity index (χ2n) is 5.75. The summed E-state index contributed by atoms with van der Waals surface area (Å²) in [5, 5.41) is 2.88. The Hall–Kier alpha value is -1.10. The van der Waals surface area contributed by atoms with E-state index >= 15 is 0 Å². The van der Waals surface area contributed by atoms with Gasteiger partial charge >= 0.3 is 5.97 Å². The van der Waals surface area contributed by atoms with E-state index in [1.54, 1.807) is 0 Å². The third kappa shape index (κ3) is 1.56. The van der Waals surface area contributed by atoms with Crippen LogP contribution in [-0.4, -0.2) is 37.7 Å². The average Bonchev–Trinajstić information content (AvgIpc) is 2.92. The van der Waals surface area contributed by atoms with Crippen LogP contribution >= 0.6 is 0 Å². The van der Waals surface area contributed by atoms with Gasteiger partial charge in [0.15, 0.2) is 0 Å². The minimum Gasteiger partial charge on any atom is -0.469 e. The molecule has 5 heteroatoms. The smallest absolute Gasteiger partial charge is 0.315 e. The molecule has 0 aromatic heterocycles. The van der Waals surface area contributed by atoms with Gasteiger partial charge in [0, 0.05) is 12.0 Å². The molecule has 3 aliphatic rings. The molecule has 3 rings (SSSR count). The van der Waals surface area contributed by atoms with E-state index in [-0.39, 0.29) is 23.3 Å². The van der Waals surface area contributed by atoms with E-state index in [9.17, 15) is 9.59 Å². The Labute approximate surface area is 106 Å². The Morgan fingerprint density at radius 2 is 2.22 bits per heavy atom. The maximum absolute atomic E-state index is 11.6. The molecule has 1 N–H and O–H groups in total.